The predicted octanol–water partition coefficient (Wildman–Crippen LogP) is 3.44. The van der Waals surface area contributed by atoms with E-state index in [1.807, 2.05) is 0 Å². The maximum Gasteiger partial charge on any atom is 0.349 e. The first-order valence-corrected chi connectivity index (χ1v) is 7.85. The number of hydrogen-bond acceptors (Lipinski definition) is 6. The summed E-state index contributed by atoms with van der Waals surface area (Å²) in [6.45, 7) is 2.88. The minimum absolute atomic E-state index is 0.175. The summed E-state index contributed by atoms with van der Waals surface area (Å²) in [6, 6.07) is 6.18. The highest BCUT2D eigenvalue weighted by atomic mass is 32.1. The maximum atomic E-state index is 13.9. The van der Waals surface area contributed by atoms with E-state index in [0.29, 0.717) is 21.3 Å². The highest BCUT2D eigenvalue weighted by Crippen LogP contribution is 2.32. The van der Waals surface area contributed by atoms with Gasteiger partial charge in [-0.2, -0.15) is 0 Å². The second-order valence-corrected chi connectivity index (χ2v) is 6.18. The van der Waals surface area contributed by atoms with Crippen LogP contribution in [-0.4, -0.2) is 23.6 Å². The molecule has 6 nitrogen and oxygen atoms in total. The molecule has 0 fully saturated rings. The number of ether oxygens (including phenoxy) is 1. The van der Waals surface area contributed by atoms with Gasteiger partial charge in [0.15, 0.2) is 6.61 Å². The van der Waals surface area contributed by atoms with Gasteiger partial charge >= 0.3 is 5.97 Å². The molecule has 3 rings (SSSR count). The molecule has 0 spiro atoms. The third-order valence-corrected chi connectivity index (χ3v) is 4.55. The van der Waals surface area contributed by atoms with Gasteiger partial charge in [-0.1, -0.05) is 11.2 Å². The zero-order chi connectivity index (χ0) is 17.3. The number of thiophene rings is 1. The van der Waals surface area contributed by atoms with Gasteiger partial charge < -0.3 is 9.26 Å². The number of halogens is 1. The van der Waals surface area contributed by atoms with Crippen LogP contribution >= 0.6 is 11.3 Å². The quantitative estimate of drug-likeness (QED) is 0.731. The smallest absolute Gasteiger partial charge is 0.349 e. The molecule has 0 aliphatic carbocycles. The van der Waals surface area contributed by atoms with Crippen LogP contribution in [0, 0.1) is 19.7 Å². The van der Waals surface area contributed by atoms with Crippen LogP contribution in [0.4, 0.5) is 10.3 Å². The molecule has 124 valence electrons. The molecule has 0 aliphatic rings. The Morgan fingerprint density at radius 2 is 2.17 bits per heavy atom. The number of nitrogens with one attached hydrogen (secondary N) is 1. The van der Waals surface area contributed by atoms with E-state index in [-0.39, 0.29) is 10.8 Å². The summed E-state index contributed by atoms with van der Waals surface area (Å²) in [4.78, 5) is 24.2. The lowest BCUT2D eigenvalue weighted by molar-refractivity contribution is -0.119. The van der Waals surface area contributed by atoms with E-state index in [1.165, 1.54) is 6.07 Å². The second kappa shape index (κ2) is 6.40. The topological polar surface area (TPSA) is 81.4 Å². The van der Waals surface area contributed by atoms with Crippen molar-refractivity contribution in [2.24, 2.45) is 0 Å². The van der Waals surface area contributed by atoms with Gasteiger partial charge in [-0.25, -0.2) is 9.18 Å². The van der Waals surface area contributed by atoms with Crippen molar-refractivity contribution in [2.75, 3.05) is 11.9 Å². The van der Waals surface area contributed by atoms with Crippen molar-refractivity contribution >= 4 is 39.2 Å². The SMILES string of the molecule is Cc1cc(NC(=O)COC(=O)c2sc3cccc(F)c3c2C)on1. The van der Waals surface area contributed by atoms with Crippen LogP contribution in [0.5, 0.6) is 0 Å². The molecular weight excluding hydrogens is 335 g/mol. The van der Waals surface area contributed by atoms with Crippen molar-refractivity contribution in [1.82, 2.24) is 5.16 Å². The van der Waals surface area contributed by atoms with E-state index in [0.717, 1.165) is 11.3 Å². The molecule has 0 unspecified atom stereocenters. The van der Waals surface area contributed by atoms with Gasteiger partial charge in [0.1, 0.15) is 10.7 Å². The van der Waals surface area contributed by atoms with Gasteiger partial charge in [0.05, 0.1) is 5.69 Å². The van der Waals surface area contributed by atoms with E-state index in [2.05, 4.69) is 10.5 Å². The Labute approximate surface area is 140 Å². The number of anilines is 1. The van der Waals surface area contributed by atoms with Crippen molar-refractivity contribution < 1.29 is 23.2 Å². The average Bonchev–Trinajstić information content (AvgIpc) is 3.09. The number of esters is 1. The number of carbonyl (C=O) groups is 2. The van der Waals surface area contributed by atoms with Crippen molar-refractivity contribution in [3.8, 4) is 0 Å². The molecule has 0 radical (unpaired) electrons. The van der Waals surface area contributed by atoms with Crippen molar-refractivity contribution in [3.05, 3.63) is 46.2 Å². The van der Waals surface area contributed by atoms with Gasteiger partial charge in [0.25, 0.3) is 5.91 Å². The van der Waals surface area contributed by atoms with E-state index in [9.17, 15) is 14.0 Å². The third-order valence-electron chi connectivity index (χ3n) is 3.31. The summed E-state index contributed by atoms with van der Waals surface area (Å²) in [5, 5.41) is 6.44. The van der Waals surface area contributed by atoms with Crippen LogP contribution in [0.2, 0.25) is 0 Å². The fourth-order valence-electron chi connectivity index (χ4n) is 2.24. The van der Waals surface area contributed by atoms with E-state index >= 15 is 0 Å². The molecule has 0 saturated carbocycles. The molecule has 2 aromatic heterocycles. The van der Waals surface area contributed by atoms with Gasteiger partial charge in [-0.15, -0.1) is 11.3 Å². The molecule has 8 heteroatoms. The Hall–Kier alpha value is -2.74. The first-order valence-electron chi connectivity index (χ1n) is 7.03. The number of carbonyl (C=O) groups excluding carboxylic acids is 2. The molecule has 0 saturated heterocycles. The minimum Gasteiger partial charge on any atom is -0.451 e. The van der Waals surface area contributed by atoms with Gasteiger partial charge in [-0.05, 0) is 31.5 Å². The van der Waals surface area contributed by atoms with Crippen LogP contribution < -0.4 is 5.32 Å². The van der Waals surface area contributed by atoms with Crippen LogP contribution in [0.15, 0.2) is 28.8 Å². The lowest BCUT2D eigenvalue weighted by atomic mass is 10.1. The maximum absolute atomic E-state index is 13.9. The Morgan fingerprint density at radius 1 is 1.38 bits per heavy atom. The summed E-state index contributed by atoms with van der Waals surface area (Å²) < 4.78 is 24.3. The Morgan fingerprint density at radius 3 is 2.83 bits per heavy atom. The fourth-order valence-corrected chi connectivity index (χ4v) is 3.36. The number of hydrogen-bond donors (Lipinski definition) is 1. The van der Waals surface area contributed by atoms with Crippen molar-refractivity contribution in [1.29, 1.82) is 0 Å². The fraction of sp³-hybridized carbons (Fsp3) is 0.188. The van der Waals surface area contributed by atoms with Gasteiger partial charge in [0.2, 0.25) is 5.88 Å². The Balaban J connectivity index is 1.68. The first-order chi connectivity index (χ1) is 11.5. The number of aryl methyl sites for hydroxylation is 2. The summed E-state index contributed by atoms with van der Waals surface area (Å²) in [5.41, 5.74) is 1.12. The van der Waals surface area contributed by atoms with Gasteiger partial charge in [-0.3, -0.25) is 10.1 Å². The molecule has 1 N–H and O–H groups in total. The number of aromatic nitrogens is 1. The van der Waals surface area contributed by atoms with Crippen molar-refractivity contribution in [2.45, 2.75) is 13.8 Å². The molecule has 0 atom stereocenters. The molecule has 3 aromatic rings. The largest absolute Gasteiger partial charge is 0.451 e. The van der Waals surface area contributed by atoms with E-state index < -0.39 is 24.3 Å². The Bertz CT molecular complexity index is 931. The number of rotatable bonds is 4. The van der Waals surface area contributed by atoms with Gasteiger partial charge in [0, 0.05) is 16.2 Å². The summed E-state index contributed by atoms with van der Waals surface area (Å²) in [6.07, 6.45) is 0. The highest BCUT2D eigenvalue weighted by molar-refractivity contribution is 7.21. The summed E-state index contributed by atoms with van der Waals surface area (Å²) >= 11 is 1.13. The van der Waals surface area contributed by atoms with E-state index in [4.69, 9.17) is 9.26 Å². The molecule has 0 bridgehead atoms. The highest BCUT2D eigenvalue weighted by Gasteiger charge is 2.20. The summed E-state index contributed by atoms with van der Waals surface area (Å²) in [5.74, 6) is -1.44. The predicted molar refractivity (Wildman–Crippen MR) is 86.7 cm³/mol. The van der Waals surface area contributed by atoms with Crippen LogP contribution in [-0.2, 0) is 9.53 Å². The summed E-state index contributed by atoms with van der Waals surface area (Å²) in [7, 11) is 0. The first kappa shape index (κ1) is 16.1. The minimum atomic E-state index is -0.669. The normalized spacial score (nSPS) is 10.8. The van der Waals surface area contributed by atoms with Crippen LogP contribution in [0.1, 0.15) is 20.9 Å². The molecule has 2 heterocycles. The molecule has 24 heavy (non-hydrogen) atoms. The molecule has 1 aromatic carbocycles. The number of nitrogens with zero attached hydrogens (tertiary/aromatic N) is 1. The monoisotopic (exact) mass is 348 g/mol. The average molecular weight is 348 g/mol. The lowest BCUT2D eigenvalue weighted by Gasteiger charge is -2.03. The molecule has 1 amide bonds. The zero-order valence-electron chi connectivity index (χ0n) is 12.9. The molecular formula is C16H13FN2O4S. The zero-order valence-corrected chi connectivity index (χ0v) is 13.7. The molecule has 0 aliphatic heterocycles. The number of fused-ring (bicyclic) bond motifs is 1. The van der Waals surface area contributed by atoms with Crippen LogP contribution in [0.3, 0.4) is 0 Å². The standard InChI is InChI=1S/C16H13FN2O4S/c1-8-6-13(23-19-8)18-12(20)7-22-16(21)15-9(2)14-10(17)4-3-5-11(14)24-15/h3-6H,7H2,1-2H3,(H,18,20). The number of amides is 1. The lowest BCUT2D eigenvalue weighted by Crippen LogP contribution is -2.20. The Kier molecular flexibility index (Phi) is 4.30. The third kappa shape index (κ3) is 3.13. The number of benzene rings is 1. The second-order valence-electron chi connectivity index (χ2n) is 5.13. The van der Waals surface area contributed by atoms with Crippen molar-refractivity contribution in [3.63, 3.8) is 0 Å². The van der Waals surface area contributed by atoms with E-state index in [1.54, 1.807) is 32.0 Å². The van der Waals surface area contributed by atoms with Crippen LogP contribution in [0.25, 0.3) is 10.1 Å².